The van der Waals surface area contributed by atoms with Gasteiger partial charge in [0.25, 0.3) is 5.79 Å². The molecule has 0 aliphatic rings. The minimum absolute atomic E-state index is 0.0413. The van der Waals surface area contributed by atoms with Crippen LogP contribution in [0.4, 0.5) is 0 Å². The Balaban J connectivity index is 3.83. The fourth-order valence-electron chi connectivity index (χ4n) is 0.970. The molecule has 0 bridgehead atoms. The summed E-state index contributed by atoms with van der Waals surface area (Å²) in [5, 5.41) is 18.4. The first kappa shape index (κ1) is 12.4. The Bertz CT molecular complexity index is 154. The van der Waals surface area contributed by atoms with Crippen LogP contribution in [0.3, 0.4) is 0 Å². The lowest BCUT2D eigenvalue weighted by Crippen LogP contribution is -2.39. The summed E-state index contributed by atoms with van der Waals surface area (Å²) >= 11 is 0. The highest BCUT2D eigenvalue weighted by Crippen LogP contribution is 2.13. The van der Waals surface area contributed by atoms with E-state index in [9.17, 15) is 15.0 Å². The van der Waals surface area contributed by atoms with Crippen LogP contribution < -0.4 is 0 Å². The third-order valence-corrected chi connectivity index (χ3v) is 1.73. The van der Waals surface area contributed by atoms with Crippen LogP contribution in [0.2, 0.25) is 0 Å². The number of carbonyl (C=O) groups is 1. The number of hydrogen-bond donors (Lipinski definition) is 2. The highest BCUT2D eigenvalue weighted by atomic mass is 16.6. The lowest BCUT2D eigenvalue weighted by molar-refractivity contribution is -0.211. The molecule has 0 aromatic rings. The molecular weight excluding hydrogens is 172 g/mol. The van der Waals surface area contributed by atoms with Crippen LogP contribution in [-0.2, 0) is 9.53 Å². The van der Waals surface area contributed by atoms with Crippen LogP contribution in [0.25, 0.3) is 0 Å². The van der Waals surface area contributed by atoms with E-state index in [1.54, 1.807) is 6.92 Å². The molecule has 4 nitrogen and oxygen atoms in total. The van der Waals surface area contributed by atoms with Crippen LogP contribution in [0.1, 0.15) is 39.5 Å². The maximum atomic E-state index is 10.9. The molecule has 2 N–H and O–H groups in total. The van der Waals surface area contributed by atoms with Crippen molar-refractivity contribution in [2.45, 2.75) is 45.3 Å². The molecule has 0 fully saturated rings. The predicted octanol–water partition coefficient (Wildman–Crippen LogP) is 0.811. The first-order valence-corrected chi connectivity index (χ1v) is 4.66. The second kappa shape index (κ2) is 5.94. The SMILES string of the molecule is CCCCCC(O)(O)C(=O)OCC. The average molecular weight is 190 g/mol. The summed E-state index contributed by atoms with van der Waals surface area (Å²) in [5.74, 6) is -3.25. The Morgan fingerprint density at radius 2 is 1.92 bits per heavy atom. The largest absolute Gasteiger partial charge is 0.462 e. The van der Waals surface area contributed by atoms with E-state index in [0.717, 1.165) is 12.8 Å². The summed E-state index contributed by atoms with van der Waals surface area (Å²) in [6.07, 6.45) is 2.50. The summed E-state index contributed by atoms with van der Waals surface area (Å²) < 4.78 is 4.50. The number of unbranched alkanes of at least 4 members (excludes halogenated alkanes) is 2. The van der Waals surface area contributed by atoms with Gasteiger partial charge in [0, 0.05) is 6.42 Å². The van der Waals surface area contributed by atoms with E-state index in [0.29, 0.717) is 6.42 Å². The monoisotopic (exact) mass is 190 g/mol. The van der Waals surface area contributed by atoms with Crippen LogP contribution in [-0.4, -0.2) is 28.6 Å². The summed E-state index contributed by atoms with van der Waals surface area (Å²) in [7, 11) is 0. The maximum Gasteiger partial charge on any atom is 0.366 e. The normalized spacial score (nSPS) is 11.4. The number of rotatable bonds is 6. The van der Waals surface area contributed by atoms with Gasteiger partial charge in [-0.1, -0.05) is 19.8 Å². The van der Waals surface area contributed by atoms with Crippen molar-refractivity contribution >= 4 is 5.97 Å². The van der Waals surface area contributed by atoms with Crippen molar-refractivity contribution < 1.29 is 19.7 Å². The third-order valence-electron chi connectivity index (χ3n) is 1.73. The molecule has 0 saturated heterocycles. The number of aliphatic hydroxyl groups is 2. The van der Waals surface area contributed by atoms with Crippen LogP contribution in [0.15, 0.2) is 0 Å². The molecule has 0 spiro atoms. The predicted molar refractivity (Wildman–Crippen MR) is 47.9 cm³/mol. The first-order valence-electron chi connectivity index (χ1n) is 4.66. The molecular formula is C9H18O4. The molecule has 0 aliphatic heterocycles. The van der Waals surface area contributed by atoms with Gasteiger partial charge in [-0.05, 0) is 13.3 Å². The number of carbonyl (C=O) groups excluding carboxylic acids is 1. The smallest absolute Gasteiger partial charge is 0.366 e. The van der Waals surface area contributed by atoms with Crippen molar-refractivity contribution in [2.24, 2.45) is 0 Å². The molecule has 4 heteroatoms. The topological polar surface area (TPSA) is 66.8 Å². The first-order chi connectivity index (χ1) is 6.04. The van der Waals surface area contributed by atoms with E-state index in [2.05, 4.69) is 4.74 Å². The van der Waals surface area contributed by atoms with Gasteiger partial charge in [-0.25, -0.2) is 4.79 Å². The fraction of sp³-hybridized carbons (Fsp3) is 0.889. The summed E-state index contributed by atoms with van der Waals surface area (Å²) in [6.45, 7) is 3.79. The molecule has 0 atom stereocenters. The van der Waals surface area contributed by atoms with Crippen molar-refractivity contribution in [3.8, 4) is 0 Å². The summed E-state index contributed by atoms with van der Waals surface area (Å²) in [5.41, 5.74) is 0. The van der Waals surface area contributed by atoms with Gasteiger partial charge in [0.15, 0.2) is 0 Å². The van der Waals surface area contributed by atoms with E-state index < -0.39 is 11.8 Å². The Morgan fingerprint density at radius 3 is 2.38 bits per heavy atom. The van der Waals surface area contributed by atoms with Gasteiger partial charge in [-0.3, -0.25) is 0 Å². The molecule has 0 amide bonds. The molecule has 13 heavy (non-hydrogen) atoms. The van der Waals surface area contributed by atoms with Crippen LogP contribution in [0.5, 0.6) is 0 Å². The number of esters is 1. The standard InChI is InChI=1S/C9H18O4/c1-3-5-6-7-9(11,12)8(10)13-4-2/h11-12H,3-7H2,1-2H3. The second-order valence-electron chi connectivity index (χ2n) is 2.99. The maximum absolute atomic E-state index is 10.9. The minimum Gasteiger partial charge on any atom is -0.462 e. The molecule has 0 unspecified atom stereocenters. The Labute approximate surface area is 78.5 Å². The highest BCUT2D eigenvalue weighted by molar-refractivity contribution is 5.77. The molecule has 0 aromatic carbocycles. The van der Waals surface area contributed by atoms with Gasteiger partial charge < -0.3 is 14.9 Å². The van der Waals surface area contributed by atoms with Gasteiger partial charge >= 0.3 is 5.97 Å². The van der Waals surface area contributed by atoms with Crippen molar-refractivity contribution in [1.29, 1.82) is 0 Å². The average Bonchev–Trinajstić information content (AvgIpc) is 2.05. The summed E-state index contributed by atoms with van der Waals surface area (Å²) in [6, 6.07) is 0. The van der Waals surface area contributed by atoms with Gasteiger partial charge in [-0.15, -0.1) is 0 Å². The van der Waals surface area contributed by atoms with E-state index in [1.807, 2.05) is 6.92 Å². The zero-order chi connectivity index (χ0) is 10.3. The van der Waals surface area contributed by atoms with Gasteiger partial charge in [-0.2, -0.15) is 0 Å². The van der Waals surface area contributed by atoms with Crippen molar-refractivity contribution in [3.63, 3.8) is 0 Å². The molecule has 0 heterocycles. The van der Waals surface area contributed by atoms with Gasteiger partial charge in [0.05, 0.1) is 6.61 Å². The van der Waals surface area contributed by atoms with E-state index in [4.69, 9.17) is 0 Å². The summed E-state index contributed by atoms with van der Waals surface area (Å²) in [4.78, 5) is 10.9. The molecule has 0 rings (SSSR count). The molecule has 0 aliphatic carbocycles. The number of ether oxygens (including phenoxy) is 1. The van der Waals surface area contributed by atoms with E-state index >= 15 is 0 Å². The molecule has 0 radical (unpaired) electrons. The fourth-order valence-corrected chi connectivity index (χ4v) is 0.970. The molecule has 0 saturated carbocycles. The van der Waals surface area contributed by atoms with Crippen LogP contribution in [0, 0.1) is 0 Å². The van der Waals surface area contributed by atoms with Gasteiger partial charge in [0.1, 0.15) is 0 Å². The quantitative estimate of drug-likeness (QED) is 0.369. The Morgan fingerprint density at radius 1 is 1.31 bits per heavy atom. The van der Waals surface area contributed by atoms with Gasteiger partial charge in [0.2, 0.25) is 0 Å². The van der Waals surface area contributed by atoms with Crippen molar-refractivity contribution in [3.05, 3.63) is 0 Å². The highest BCUT2D eigenvalue weighted by Gasteiger charge is 2.33. The third kappa shape index (κ3) is 4.85. The van der Waals surface area contributed by atoms with E-state index in [1.165, 1.54) is 0 Å². The Kier molecular flexibility index (Phi) is 5.66. The zero-order valence-electron chi connectivity index (χ0n) is 8.25. The zero-order valence-corrected chi connectivity index (χ0v) is 8.25. The second-order valence-corrected chi connectivity index (χ2v) is 2.99. The molecule has 78 valence electrons. The van der Waals surface area contributed by atoms with Crippen LogP contribution >= 0.6 is 0 Å². The lowest BCUT2D eigenvalue weighted by atomic mass is 10.1. The minimum atomic E-state index is -2.30. The van der Waals surface area contributed by atoms with Crippen molar-refractivity contribution in [1.82, 2.24) is 0 Å². The van der Waals surface area contributed by atoms with E-state index in [-0.39, 0.29) is 13.0 Å². The molecule has 0 aromatic heterocycles. The lowest BCUT2D eigenvalue weighted by Gasteiger charge is -2.18. The number of hydrogen-bond acceptors (Lipinski definition) is 4. The Hall–Kier alpha value is -0.610. The van der Waals surface area contributed by atoms with Crippen molar-refractivity contribution in [2.75, 3.05) is 6.61 Å².